The van der Waals surface area contributed by atoms with Crippen molar-refractivity contribution in [2.45, 2.75) is 24.8 Å². The number of carbonyl (C=O) groups is 3. The number of nitrogens with zero attached hydrogens (tertiary/aromatic N) is 1. The highest BCUT2D eigenvalue weighted by Gasteiger charge is 2.38. The molecule has 178 valence electrons. The van der Waals surface area contributed by atoms with Crippen molar-refractivity contribution in [3.05, 3.63) is 89.5 Å². The normalized spacial score (nSPS) is 18.1. The van der Waals surface area contributed by atoms with E-state index in [1.54, 1.807) is 36.2 Å². The molecular formula is C28H26N2O5. The van der Waals surface area contributed by atoms with Gasteiger partial charge in [-0.2, -0.15) is 0 Å². The monoisotopic (exact) mass is 470 g/mol. The number of hydrogen-bond donors (Lipinski definition) is 2. The quantitative estimate of drug-likeness (QED) is 0.530. The van der Waals surface area contributed by atoms with Crippen LogP contribution in [-0.4, -0.2) is 47.7 Å². The molecule has 7 heteroatoms. The number of fused-ring (bicyclic) bond motifs is 3. The molecule has 2 aliphatic rings. The molecule has 2 amide bonds. The number of carbonyl (C=O) groups excluding carboxylic acids is 2. The Bertz CT molecular complexity index is 1250. The van der Waals surface area contributed by atoms with Gasteiger partial charge in [-0.3, -0.25) is 14.9 Å². The zero-order chi connectivity index (χ0) is 24.5. The van der Waals surface area contributed by atoms with Gasteiger partial charge in [0.15, 0.2) is 0 Å². The van der Waals surface area contributed by atoms with Crippen molar-refractivity contribution >= 4 is 23.7 Å². The predicted octanol–water partition coefficient (Wildman–Crippen LogP) is 4.98. The molecule has 0 atom stereocenters. The average molecular weight is 471 g/mol. The van der Waals surface area contributed by atoms with Crippen LogP contribution in [-0.2, 0) is 9.53 Å². The van der Waals surface area contributed by atoms with Crippen molar-refractivity contribution in [3.8, 4) is 11.1 Å². The molecule has 35 heavy (non-hydrogen) atoms. The Morgan fingerprint density at radius 2 is 1.57 bits per heavy atom. The highest BCUT2D eigenvalue weighted by atomic mass is 16.5. The zero-order valence-electron chi connectivity index (χ0n) is 19.3. The molecule has 2 aliphatic carbocycles. The number of amides is 2. The lowest BCUT2D eigenvalue weighted by Crippen LogP contribution is -2.47. The van der Waals surface area contributed by atoms with Crippen LogP contribution in [0.3, 0.4) is 0 Å². The average Bonchev–Trinajstić information content (AvgIpc) is 3.15. The number of carboxylic acids is 1. The molecule has 0 aromatic heterocycles. The Kier molecular flexibility index (Phi) is 5.99. The van der Waals surface area contributed by atoms with Gasteiger partial charge in [-0.25, -0.2) is 4.79 Å². The lowest BCUT2D eigenvalue weighted by molar-refractivity contribution is -0.146. The lowest BCUT2D eigenvalue weighted by atomic mass is 9.79. The first-order valence-corrected chi connectivity index (χ1v) is 11.6. The maximum Gasteiger partial charge on any atom is 0.411 e. The molecular weight excluding hydrogens is 444 g/mol. The smallest absolute Gasteiger partial charge is 0.411 e. The fourth-order valence-corrected chi connectivity index (χ4v) is 4.96. The summed E-state index contributed by atoms with van der Waals surface area (Å²) in [4.78, 5) is 38.1. The summed E-state index contributed by atoms with van der Waals surface area (Å²) in [5, 5.41) is 11.8. The number of hydrogen-bond acceptors (Lipinski definition) is 4. The van der Waals surface area contributed by atoms with E-state index in [-0.39, 0.29) is 24.5 Å². The van der Waals surface area contributed by atoms with Crippen molar-refractivity contribution in [2.75, 3.05) is 19.0 Å². The van der Waals surface area contributed by atoms with E-state index >= 15 is 0 Å². The summed E-state index contributed by atoms with van der Waals surface area (Å²) in [7, 11) is 1.68. The molecule has 0 radical (unpaired) electrons. The number of ether oxygens (including phenoxy) is 1. The maximum atomic E-state index is 12.9. The highest BCUT2D eigenvalue weighted by molar-refractivity contribution is 5.96. The Balaban J connectivity index is 1.21. The third-order valence-electron chi connectivity index (χ3n) is 7.03. The van der Waals surface area contributed by atoms with Gasteiger partial charge in [0, 0.05) is 30.3 Å². The zero-order valence-corrected chi connectivity index (χ0v) is 19.3. The van der Waals surface area contributed by atoms with Crippen LogP contribution >= 0.6 is 0 Å². The molecule has 2 N–H and O–H groups in total. The molecule has 0 bridgehead atoms. The van der Waals surface area contributed by atoms with Crippen molar-refractivity contribution in [3.63, 3.8) is 0 Å². The Morgan fingerprint density at radius 3 is 2.20 bits per heavy atom. The summed E-state index contributed by atoms with van der Waals surface area (Å²) in [6, 6.07) is 22.9. The first-order valence-electron chi connectivity index (χ1n) is 11.6. The first kappa shape index (κ1) is 22.7. The molecule has 1 fully saturated rings. The summed E-state index contributed by atoms with van der Waals surface area (Å²) in [6.07, 6.45) is 0.318. The van der Waals surface area contributed by atoms with Crippen LogP contribution in [0.2, 0.25) is 0 Å². The Morgan fingerprint density at radius 1 is 0.943 bits per heavy atom. The topological polar surface area (TPSA) is 95.9 Å². The number of carboxylic acid groups (broad SMARTS) is 1. The minimum atomic E-state index is -0.823. The molecule has 0 saturated heterocycles. The summed E-state index contributed by atoms with van der Waals surface area (Å²) >= 11 is 0. The van der Waals surface area contributed by atoms with E-state index in [1.807, 2.05) is 24.3 Å². The second kappa shape index (κ2) is 9.25. The minimum absolute atomic E-state index is 0.0354. The van der Waals surface area contributed by atoms with Gasteiger partial charge < -0.3 is 14.7 Å². The van der Waals surface area contributed by atoms with Crippen molar-refractivity contribution in [1.82, 2.24) is 4.90 Å². The van der Waals surface area contributed by atoms with E-state index in [0.29, 0.717) is 24.1 Å². The molecule has 7 nitrogen and oxygen atoms in total. The molecule has 3 aromatic rings. The van der Waals surface area contributed by atoms with E-state index in [2.05, 4.69) is 29.6 Å². The van der Waals surface area contributed by atoms with Gasteiger partial charge in [0.2, 0.25) is 0 Å². The lowest BCUT2D eigenvalue weighted by Gasteiger charge is -2.39. The van der Waals surface area contributed by atoms with E-state index in [0.717, 1.165) is 22.3 Å². The van der Waals surface area contributed by atoms with Crippen LogP contribution in [0.15, 0.2) is 72.8 Å². The SMILES string of the molecule is CN(C(=O)c1cccc(NC(=O)OCC2c3ccccc3-c3ccccc32)c1)C1CC(C(=O)O)C1. The largest absolute Gasteiger partial charge is 0.481 e. The molecule has 0 unspecified atom stereocenters. The Labute approximate surface area is 203 Å². The van der Waals surface area contributed by atoms with Gasteiger partial charge in [-0.05, 0) is 53.3 Å². The van der Waals surface area contributed by atoms with Crippen molar-refractivity contribution in [1.29, 1.82) is 0 Å². The van der Waals surface area contributed by atoms with Gasteiger partial charge in [-0.1, -0.05) is 54.6 Å². The number of benzene rings is 3. The fourth-order valence-electron chi connectivity index (χ4n) is 4.96. The molecule has 0 heterocycles. The van der Waals surface area contributed by atoms with Crippen molar-refractivity contribution in [2.24, 2.45) is 5.92 Å². The second-order valence-electron chi connectivity index (χ2n) is 9.11. The van der Waals surface area contributed by atoms with Gasteiger partial charge in [0.1, 0.15) is 6.61 Å². The molecule has 0 spiro atoms. The van der Waals surface area contributed by atoms with E-state index < -0.39 is 18.0 Å². The molecule has 0 aliphatic heterocycles. The van der Waals surface area contributed by atoms with Crippen LogP contribution in [0.4, 0.5) is 10.5 Å². The van der Waals surface area contributed by atoms with Crippen LogP contribution in [0, 0.1) is 5.92 Å². The van der Waals surface area contributed by atoms with Gasteiger partial charge >= 0.3 is 12.1 Å². The fraction of sp³-hybridized carbons (Fsp3) is 0.250. The van der Waals surface area contributed by atoms with Gasteiger partial charge in [-0.15, -0.1) is 0 Å². The van der Waals surface area contributed by atoms with Crippen LogP contribution in [0.25, 0.3) is 11.1 Å². The summed E-state index contributed by atoms with van der Waals surface area (Å²) in [5.74, 6) is -1.46. The molecule has 5 rings (SSSR count). The third-order valence-corrected chi connectivity index (χ3v) is 7.03. The van der Waals surface area contributed by atoms with Crippen molar-refractivity contribution < 1.29 is 24.2 Å². The standard InChI is InChI=1S/C28H26N2O5/c1-30(20-14-18(15-20)27(32)33)26(31)17-7-6-8-19(13-17)29-28(34)35-16-25-23-11-4-2-9-21(23)22-10-3-5-12-24(22)25/h2-13,18,20,25H,14-16H2,1H3,(H,29,34)(H,32,33). The van der Waals surface area contributed by atoms with Gasteiger partial charge in [0.05, 0.1) is 5.92 Å². The molecule has 1 saturated carbocycles. The third kappa shape index (κ3) is 4.37. The number of aliphatic carboxylic acids is 1. The number of rotatable bonds is 6. The Hall–Kier alpha value is -4.13. The first-order chi connectivity index (χ1) is 16.9. The van der Waals surface area contributed by atoms with Crippen LogP contribution in [0.1, 0.15) is 40.2 Å². The summed E-state index contributed by atoms with van der Waals surface area (Å²) in [6.45, 7) is 0.202. The summed E-state index contributed by atoms with van der Waals surface area (Å²) in [5.41, 5.74) is 5.47. The second-order valence-corrected chi connectivity index (χ2v) is 9.11. The van der Waals surface area contributed by atoms with E-state index in [9.17, 15) is 14.4 Å². The summed E-state index contributed by atoms with van der Waals surface area (Å²) < 4.78 is 5.59. The van der Waals surface area contributed by atoms with Gasteiger partial charge in [0.25, 0.3) is 5.91 Å². The van der Waals surface area contributed by atoms with Crippen LogP contribution < -0.4 is 5.32 Å². The number of nitrogens with one attached hydrogen (secondary N) is 1. The van der Waals surface area contributed by atoms with E-state index in [4.69, 9.17) is 9.84 Å². The predicted molar refractivity (Wildman–Crippen MR) is 131 cm³/mol. The maximum absolute atomic E-state index is 12.9. The van der Waals surface area contributed by atoms with E-state index in [1.165, 1.54) is 0 Å². The highest BCUT2D eigenvalue weighted by Crippen LogP contribution is 2.44. The number of anilines is 1. The van der Waals surface area contributed by atoms with Crippen LogP contribution in [0.5, 0.6) is 0 Å². The molecule has 3 aromatic carbocycles. The minimum Gasteiger partial charge on any atom is -0.481 e.